The largest absolute Gasteiger partial charge is 0.345 e. The van der Waals surface area contributed by atoms with E-state index in [4.69, 9.17) is 11.6 Å². The molecule has 1 aliphatic carbocycles. The molecule has 32 heavy (non-hydrogen) atoms. The molecule has 5 nitrogen and oxygen atoms in total. The number of rotatable bonds is 6. The van der Waals surface area contributed by atoms with Gasteiger partial charge in [-0.15, -0.1) is 0 Å². The first-order chi connectivity index (χ1) is 15.4. The van der Waals surface area contributed by atoms with Gasteiger partial charge in [-0.2, -0.15) is 4.31 Å². The number of nitrogens with one attached hydrogen (secondary N) is 1. The molecular weight excluding hydrogens is 444 g/mol. The van der Waals surface area contributed by atoms with E-state index >= 15 is 0 Å². The molecule has 1 amide bonds. The van der Waals surface area contributed by atoms with Crippen molar-refractivity contribution in [3.05, 3.63) is 63.7 Å². The van der Waals surface area contributed by atoms with Gasteiger partial charge in [0.2, 0.25) is 10.0 Å². The summed E-state index contributed by atoms with van der Waals surface area (Å²) in [4.78, 5) is 13.1. The van der Waals surface area contributed by atoms with E-state index in [0.717, 1.165) is 44.1 Å². The molecule has 4 rings (SSSR count). The number of nitrogens with zero attached hydrogens (tertiary/aromatic N) is 1. The van der Waals surface area contributed by atoms with E-state index in [0.29, 0.717) is 18.7 Å². The summed E-state index contributed by atoms with van der Waals surface area (Å²) in [5.74, 6) is -0.290. The lowest BCUT2D eigenvalue weighted by Crippen LogP contribution is -2.36. The van der Waals surface area contributed by atoms with Gasteiger partial charge in [-0.3, -0.25) is 4.79 Å². The zero-order chi connectivity index (χ0) is 22.7. The second-order valence-electron chi connectivity index (χ2n) is 8.78. The Morgan fingerprint density at radius 3 is 2.44 bits per heavy atom. The molecule has 0 aromatic heterocycles. The molecule has 0 saturated carbocycles. The molecule has 172 valence electrons. The average Bonchev–Trinajstić information content (AvgIpc) is 2.82. The fourth-order valence-corrected chi connectivity index (χ4v) is 6.74. The van der Waals surface area contributed by atoms with E-state index in [1.807, 2.05) is 6.92 Å². The monoisotopic (exact) mass is 474 g/mol. The number of amides is 1. The molecule has 2 aromatic carbocycles. The van der Waals surface area contributed by atoms with Gasteiger partial charge < -0.3 is 5.32 Å². The number of hydrogen-bond acceptors (Lipinski definition) is 3. The van der Waals surface area contributed by atoms with Crippen molar-refractivity contribution in [1.82, 2.24) is 9.62 Å². The average molecular weight is 475 g/mol. The number of carbonyl (C=O) groups excluding carboxylic acids is 1. The Kier molecular flexibility index (Phi) is 7.23. The fraction of sp³-hybridized carbons (Fsp3) is 0.480. The highest BCUT2D eigenvalue weighted by Gasteiger charge is 2.29. The lowest BCUT2D eigenvalue weighted by Gasteiger charge is -2.26. The van der Waals surface area contributed by atoms with Crippen LogP contribution in [0.5, 0.6) is 0 Å². The van der Waals surface area contributed by atoms with Gasteiger partial charge in [0.1, 0.15) is 4.90 Å². The summed E-state index contributed by atoms with van der Waals surface area (Å²) < 4.78 is 27.7. The Bertz CT molecular complexity index is 1090. The van der Waals surface area contributed by atoms with Crippen LogP contribution in [0, 0.1) is 0 Å². The summed E-state index contributed by atoms with van der Waals surface area (Å²) in [6, 6.07) is 10.9. The number of benzene rings is 2. The molecule has 1 aliphatic heterocycles. The maximum Gasteiger partial charge on any atom is 0.251 e. The van der Waals surface area contributed by atoms with Crippen molar-refractivity contribution in [1.29, 1.82) is 0 Å². The highest BCUT2D eigenvalue weighted by atomic mass is 35.5. The smallest absolute Gasteiger partial charge is 0.251 e. The molecular formula is C25H31ClN2O3S. The molecule has 0 spiro atoms. The minimum absolute atomic E-state index is 0.00976. The lowest BCUT2D eigenvalue weighted by molar-refractivity contribution is 0.0935. The van der Waals surface area contributed by atoms with Gasteiger partial charge >= 0.3 is 0 Å². The third-order valence-corrected chi connectivity index (χ3v) is 8.99. The molecule has 1 heterocycles. The van der Waals surface area contributed by atoms with Crippen molar-refractivity contribution in [2.24, 2.45) is 0 Å². The van der Waals surface area contributed by atoms with Gasteiger partial charge in [0.15, 0.2) is 0 Å². The number of carbonyl (C=O) groups is 1. The van der Waals surface area contributed by atoms with Crippen LogP contribution in [-0.4, -0.2) is 31.7 Å². The first-order valence-electron chi connectivity index (χ1n) is 11.6. The Labute approximate surface area is 196 Å². The summed E-state index contributed by atoms with van der Waals surface area (Å²) in [6.07, 6.45) is 8.12. The van der Waals surface area contributed by atoms with Crippen molar-refractivity contribution < 1.29 is 13.2 Å². The van der Waals surface area contributed by atoms with Gasteiger partial charge in [-0.25, -0.2) is 8.42 Å². The van der Waals surface area contributed by atoms with Crippen molar-refractivity contribution in [2.75, 3.05) is 13.1 Å². The zero-order valence-corrected chi connectivity index (χ0v) is 20.1. The van der Waals surface area contributed by atoms with E-state index in [9.17, 15) is 13.2 Å². The van der Waals surface area contributed by atoms with Crippen molar-refractivity contribution in [3.63, 3.8) is 0 Å². The van der Waals surface area contributed by atoms with Gasteiger partial charge in [0.25, 0.3) is 5.91 Å². The Morgan fingerprint density at radius 1 is 1.00 bits per heavy atom. The SMILES string of the molecule is CCC(NC(=O)c1ccc(Cl)c(S(=O)(=O)N2CCCCC2)c1)c1ccc2c(c1)CCCC2. The van der Waals surface area contributed by atoms with Crippen LogP contribution < -0.4 is 5.32 Å². The molecule has 1 N–H and O–H groups in total. The van der Waals surface area contributed by atoms with E-state index in [1.165, 1.54) is 40.4 Å². The summed E-state index contributed by atoms with van der Waals surface area (Å²) in [6.45, 7) is 3.02. The molecule has 0 radical (unpaired) electrons. The minimum Gasteiger partial charge on any atom is -0.345 e. The van der Waals surface area contributed by atoms with Gasteiger partial charge in [-0.05, 0) is 79.8 Å². The second kappa shape index (κ2) is 9.94. The normalized spacial score (nSPS) is 18.1. The van der Waals surface area contributed by atoms with E-state index in [2.05, 4.69) is 23.5 Å². The first-order valence-corrected chi connectivity index (χ1v) is 13.4. The Balaban J connectivity index is 1.56. The van der Waals surface area contributed by atoms with E-state index in [-0.39, 0.29) is 21.9 Å². The number of sulfonamides is 1. The van der Waals surface area contributed by atoms with Crippen LogP contribution in [0.1, 0.15) is 78.5 Å². The summed E-state index contributed by atoms with van der Waals surface area (Å²) in [5.41, 5.74) is 4.19. The maximum atomic E-state index is 13.1. The van der Waals surface area contributed by atoms with Gasteiger partial charge in [-0.1, -0.05) is 43.1 Å². The summed E-state index contributed by atoms with van der Waals surface area (Å²) in [7, 11) is -3.72. The van der Waals surface area contributed by atoms with Crippen molar-refractivity contribution in [2.45, 2.75) is 69.2 Å². The zero-order valence-electron chi connectivity index (χ0n) is 18.6. The molecule has 7 heteroatoms. The van der Waals surface area contributed by atoms with Crippen molar-refractivity contribution in [3.8, 4) is 0 Å². The van der Waals surface area contributed by atoms with E-state index in [1.54, 1.807) is 6.07 Å². The second-order valence-corrected chi connectivity index (χ2v) is 11.1. The first kappa shape index (κ1) is 23.3. The number of piperidine rings is 1. The molecule has 1 saturated heterocycles. The number of hydrogen-bond donors (Lipinski definition) is 1. The third-order valence-electron chi connectivity index (χ3n) is 6.61. The third kappa shape index (κ3) is 4.87. The lowest BCUT2D eigenvalue weighted by atomic mass is 9.88. The minimum atomic E-state index is -3.72. The highest BCUT2D eigenvalue weighted by Crippen LogP contribution is 2.29. The topological polar surface area (TPSA) is 66.5 Å². The van der Waals surface area contributed by atoms with Crippen LogP contribution in [-0.2, 0) is 22.9 Å². The Hall–Kier alpha value is -1.89. The molecule has 0 bridgehead atoms. The van der Waals surface area contributed by atoms with Crippen molar-refractivity contribution >= 4 is 27.5 Å². The number of fused-ring (bicyclic) bond motifs is 1. The predicted molar refractivity (Wildman–Crippen MR) is 128 cm³/mol. The molecule has 1 unspecified atom stereocenters. The molecule has 1 fully saturated rings. The number of halogens is 1. The van der Waals surface area contributed by atoms with Crippen LogP contribution in [0.4, 0.5) is 0 Å². The van der Waals surface area contributed by atoms with Crippen LogP contribution >= 0.6 is 11.6 Å². The number of aryl methyl sites for hydroxylation is 2. The van der Waals surface area contributed by atoms with Crippen LogP contribution in [0.2, 0.25) is 5.02 Å². The van der Waals surface area contributed by atoms with Gasteiger partial charge in [0.05, 0.1) is 11.1 Å². The molecule has 1 atom stereocenters. The molecule has 2 aliphatic rings. The fourth-order valence-electron chi connectivity index (χ4n) is 4.72. The summed E-state index contributed by atoms with van der Waals surface area (Å²) >= 11 is 6.26. The standard InChI is InChI=1S/C25H31ClN2O3S/c1-2-23(20-11-10-18-8-4-5-9-19(18)16-20)27-25(29)21-12-13-22(26)24(17-21)32(30,31)28-14-6-3-7-15-28/h10-13,16-17,23H,2-9,14-15H2,1H3,(H,27,29). The van der Waals surface area contributed by atoms with Crippen LogP contribution in [0.25, 0.3) is 0 Å². The Morgan fingerprint density at radius 2 is 1.72 bits per heavy atom. The predicted octanol–water partition coefficient (Wildman–Crippen LogP) is 5.27. The highest BCUT2D eigenvalue weighted by molar-refractivity contribution is 7.89. The maximum absolute atomic E-state index is 13.1. The van der Waals surface area contributed by atoms with Crippen LogP contribution in [0.15, 0.2) is 41.3 Å². The molecule has 2 aromatic rings. The summed E-state index contributed by atoms with van der Waals surface area (Å²) in [5, 5.41) is 3.24. The van der Waals surface area contributed by atoms with Crippen LogP contribution in [0.3, 0.4) is 0 Å². The van der Waals surface area contributed by atoms with Gasteiger partial charge in [0, 0.05) is 18.7 Å². The quantitative estimate of drug-likeness (QED) is 0.619. The van der Waals surface area contributed by atoms with E-state index < -0.39 is 10.0 Å².